The van der Waals surface area contributed by atoms with Gasteiger partial charge in [-0.2, -0.15) is 0 Å². The highest BCUT2D eigenvalue weighted by Gasteiger charge is 2.09. The highest BCUT2D eigenvalue weighted by molar-refractivity contribution is 5.93. The maximum absolute atomic E-state index is 12.2. The summed E-state index contributed by atoms with van der Waals surface area (Å²) in [5.41, 5.74) is 2.25. The summed E-state index contributed by atoms with van der Waals surface area (Å²) in [6.45, 7) is 1.85. The Kier molecular flexibility index (Phi) is 5.84. The fraction of sp³-hybridized carbons (Fsp3) is 0.0909. The van der Waals surface area contributed by atoms with Gasteiger partial charge in [-0.3, -0.25) is 9.59 Å². The average molecular weight is 361 g/mol. The van der Waals surface area contributed by atoms with Gasteiger partial charge in [-0.25, -0.2) is 0 Å². The van der Waals surface area contributed by atoms with Crippen LogP contribution in [0.1, 0.15) is 15.9 Å². The van der Waals surface area contributed by atoms with Gasteiger partial charge in [-0.05, 0) is 55.5 Å². The second kappa shape index (κ2) is 8.67. The Morgan fingerprint density at radius 3 is 2.30 bits per heavy atom. The number of hydrogen-bond donors (Lipinski definition) is 1. The first-order chi connectivity index (χ1) is 13.1. The minimum atomic E-state index is -0.311. The molecule has 27 heavy (non-hydrogen) atoms. The van der Waals surface area contributed by atoms with Crippen LogP contribution < -0.4 is 14.8 Å². The molecule has 5 nitrogen and oxygen atoms in total. The molecule has 0 atom stereocenters. The van der Waals surface area contributed by atoms with Crippen LogP contribution in [-0.4, -0.2) is 18.8 Å². The van der Waals surface area contributed by atoms with E-state index >= 15 is 0 Å². The van der Waals surface area contributed by atoms with Crippen molar-refractivity contribution in [2.24, 2.45) is 0 Å². The number of benzene rings is 3. The van der Waals surface area contributed by atoms with Crippen LogP contribution in [0.4, 0.5) is 5.69 Å². The van der Waals surface area contributed by atoms with E-state index in [4.69, 9.17) is 9.47 Å². The van der Waals surface area contributed by atoms with Crippen molar-refractivity contribution in [2.75, 3.05) is 11.9 Å². The average Bonchev–Trinajstić information content (AvgIpc) is 2.70. The van der Waals surface area contributed by atoms with E-state index in [0.29, 0.717) is 28.5 Å². The number of aryl methyl sites for hydroxylation is 1. The molecule has 0 aliphatic carbocycles. The first-order valence-electron chi connectivity index (χ1n) is 8.45. The molecule has 136 valence electrons. The van der Waals surface area contributed by atoms with Gasteiger partial charge < -0.3 is 14.8 Å². The Hall–Kier alpha value is -3.60. The van der Waals surface area contributed by atoms with Crippen LogP contribution >= 0.6 is 0 Å². The highest BCUT2D eigenvalue weighted by atomic mass is 16.5. The molecule has 1 amide bonds. The first kappa shape index (κ1) is 18.2. The highest BCUT2D eigenvalue weighted by Crippen LogP contribution is 2.29. The number of carbonyl (C=O) groups is 2. The smallest absolute Gasteiger partial charge is 0.262 e. The zero-order chi connectivity index (χ0) is 19.1. The summed E-state index contributed by atoms with van der Waals surface area (Å²) < 4.78 is 11.3. The predicted molar refractivity (Wildman–Crippen MR) is 104 cm³/mol. The first-order valence-corrected chi connectivity index (χ1v) is 8.45. The molecule has 1 N–H and O–H groups in total. The van der Waals surface area contributed by atoms with E-state index in [1.807, 2.05) is 43.3 Å². The predicted octanol–water partition coefficient (Wildman–Crippen LogP) is 4.62. The van der Waals surface area contributed by atoms with E-state index in [-0.39, 0.29) is 12.5 Å². The number of amides is 1. The standard InChI is InChI=1S/C22H19NO4/c1-16-6-10-19(11-7-16)27-21-5-3-2-4-20(21)23-22(25)15-26-18-12-8-17(14-24)9-13-18/h2-14H,15H2,1H3,(H,23,25). The van der Waals surface area contributed by atoms with Gasteiger partial charge in [0, 0.05) is 5.56 Å². The Morgan fingerprint density at radius 2 is 1.59 bits per heavy atom. The Bertz CT molecular complexity index is 918. The molecule has 0 saturated heterocycles. The van der Waals surface area contributed by atoms with Crippen molar-refractivity contribution in [1.82, 2.24) is 0 Å². The topological polar surface area (TPSA) is 64.6 Å². The van der Waals surface area contributed by atoms with Gasteiger partial charge in [0.2, 0.25) is 0 Å². The van der Waals surface area contributed by atoms with Crippen molar-refractivity contribution in [3.05, 3.63) is 83.9 Å². The van der Waals surface area contributed by atoms with Gasteiger partial charge in [0.05, 0.1) is 5.69 Å². The number of anilines is 1. The van der Waals surface area contributed by atoms with Crippen molar-refractivity contribution >= 4 is 17.9 Å². The quantitative estimate of drug-likeness (QED) is 0.624. The van der Waals surface area contributed by atoms with Crippen LogP contribution in [0.5, 0.6) is 17.2 Å². The van der Waals surface area contributed by atoms with Crippen molar-refractivity contribution < 1.29 is 19.1 Å². The molecule has 3 aromatic carbocycles. The number of rotatable bonds is 7. The van der Waals surface area contributed by atoms with E-state index in [1.54, 1.807) is 36.4 Å². The summed E-state index contributed by atoms with van der Waals surface area (Å²) >= 11 is 0. The Labute approximate surface area is 157 Å². The third-order valence-electron chi connectivity index (χ3n) is 3.80. The van der Waals surface area contributed by atoms with Crippen molar-refractivity contribution in [3.8, 4) is 17.2 Å². The molecule has 0 aromatic heterocycles. The summed E-state index contributed by atoms with van der Waals surface area (Å²) in [4.78, 5) is 22.9. The molecule has 5 heteroatoms. The number of hydrogen-bond acceptors (Lipinski definition) is 4. The zero-order valence-corrected chi connectivity index (χ0v) is 14.8. The van der Waals surface area contributed by atoms with Gasteiger partial charge in [0.1, 0.15) is 17.8 Å². The number of aldehydes is 1. The van der Waals surface area contributed by atoms with E-state index in [1.165, 1.54) is 0 Å². The minimum absolute atomic E-state index is 0.153. The molecule has 0 heterocycles. The normalized spacial score (nSPS) is 10.1. The number of para-hydroxylation sites is 2. The molecule has 0 unspecified atom stereocenters. The maximum Gasteiger partial charge on any atom is 0.262 e. The van der Waals surface area contributed by atoms with Crippen LogP contribution in [0.15, 0.2) is 72.8 Å². The van der Waals surface area contributed by atoms with Crippen LogP contribution in [0.2, 0.25) is 0 Å². The fourth-order valence-electron chi connectivity index (χ4n) is 2.37. The third-order valence-corrected chi connectivity index (χ3v) is 3.80. The van der Waals surface area contributed by atoms with Gasteiger partial charge in [0.25, 0.3) is 5.91 Å². The van der Waals surface area contributed by atoms with E-state index in [2.05, 4.69) is 5.32 Å². The van der Waals surface area contributed by atoms with Crippen LogP contribution in [0.25, 0.3) is 0 Å². The lowest BCUT2D eigenvalue weighted by molar-refractivity contribution is -0.118. The minimum Gasteiger partial charge on any atom is -0.484 e. The number of nitrogens with one attached hydrogen (secondary N) is 1. The van der Waals surface area contributed by atoms with Crippen molar-refractivity contribution in [1.29, 1.82) is 0 Å². The van der Waals surface area contributed by atoms with Gasteiger partial charge in [0.15, 0.2) is 12.4 Å². The largest absolute Gasteiger partial charge is 0.484 e. The third kappa shape index (κ3) is 5.19. The fourth-order valence-corrected chi connectivity index (χ4v) is 2.37. The molecule has 3 aromatic rings. The van der Waals surface area contributed by atoms with Gasteiger partial charge in [-0.1, -0.05) is 29.8 Å². The Morgan fingerprint density at radius 1 is 0.926 bits per heavy atom. The van der Waals surface area contributed by atoms with E-state index < -0.39 is 0 Å². The molecule has 0 bridgehead atoms. The second-order valence-electron chi connectivity index (χ2n) is 5.94. The Balaban J connectivity index is 1.61. The number of carbonyl (C=O) groups excluding carboxylic acids is 2. The molecule has 0 aliphatic rings. The summed E-state index contributed by atoms with van der Waals surface area (Å²) in [6.07, 6.45) is 0.751. The second-order valence-corrected chi connectivity index (χ2v) is 5.94. The van der Waals surface area contributed by atoms with E-state index in [9.17, 15) is 9.59 Å². The van der Waals surface area contributed by atoms with Crippen molar-refractivity contribution in [2.45, 2.75) is 6.92 Å². The molecule has 3 rings (SSSR count). The summed E-state index contributed by atoms with van der Waals surface area (Å²) in [7, 11) is 0. The van der Waals surface area contributed by atoms with Crippen molar-refractivity contribution in [3.63, 3.8) is 0 Å². The lowest BCUT2D eigenvalue weighted by Crippen LogP contribution is -2.20. The molecule has 0 radical (unpaired) electrons. The monoisotopic (exact) mass is 361 g/mol. The molecular formula is C22H19NO4. The summed E-state index contributed by atoms with van der Waals surface area (Å²) in [5.74, 6) is 1.44. The zero-order valence-electron chi connectivity index (χ0n) is 14.8. The van der Waals surface area contributed by atoms with Crippen LogP contribution in [0, 0.1) is 6.92 Å². The van der Waals surface area contributed by atoms with Crippen LogP contribution in [-0.2, 0) is 4.79 Å². The molecule has 0 fully saturated rings. The molecule has 0 spiro atoms. The molecule has 0 saturated carbocycles. The lowest BCUT2D eigenvalue weighted by Gasteiger charge is -2.13. The van der Waals surface area contributed by atoms with Gasteiger partial charge in [-0.15, -0.1) is 0 Å². The van der Waals surface area contributed by atoms with E-state index in [0.717, 1.165) is 11.8 Å². The SMILES string of the molecule is Cc1ccc(Oc2ccccc2NC(=O)COc2ccc(C=O)cc2)cc1. The number of ether oxygens (including phenoxy) is 2. The lowest BCUT2D eigenvalue weighted by atomic mass is 10.2. The summed E-state index contributed by atoms with van der Waals surface area (Å²) in [6, 6.07) is 21.4. The molecule has 0 aliphatic heterocycles. The molecular weight excluding hydrogens is 342 g/mol. The van der Waals surface area contributed by atoms with Gasteiger partial charge >= 0.3 is 0 Å². The summed E-state index contributed by atoms with van der Waals surface area (Å²) in [5, 5.41) is 2.79. The van der Waals surface area contributed by atoms with Crippen LogP contribution in [0.3, 0.4) is 0 Å². The maximum atomic E-state index is 12.2.